The molecule has 0 aromatic carbocycles. The Balaban J connectivity index is 1.81. The summed E-state index contributed by atoms with van der Waals surface area (Å²) in [6.07, 6.45) is -2.63. The topological polar surface area (TPSA) is 35.8 Å². The minimum absolute atomic E-state index is 0.0574. The van der Waals surface area contributed by atoms with Gasteiger partial charge in [0, 0.05) is 0 Å². The molecule has 2 rings (SSSR count). The van der Waals surface area contributed by atoms with Crippen molar-refractivity contribution < 1.29 is 22.6 Å². The lowest BCUT2D eigenvalue weighted by atomic mass is 10.3. The van der Waals surface area contributed by atoms with Gasteiger partial charge in [-0.1, -0.05) is 0 Å². The number of fused-ring (bicyclic) bond motifs is 1. The molecule has 2 aromatic rings. The molecule has 0 bridgehead atoms. The fourth-order valence-corrected chi connectivity index (χ4v) is 1.59. The van der Waals surface area contributed by atoms with E-state index in [-0.39, 0.29) is 13.2 Å². The zero-order valence-electron chi connectivity index (χ0n) is 10.3. The molecule has 0 saturated carbocycles. The number of aryl methyl sites for hydroxylation is 1. The van der Waals surface area contributed by atoms with Gasteiger partial charge in [0.25, 0.3) is 0 Å². The summed E-state index contributed by atoms with van der Waals surface area (Å²) >= 11 is 0. The fraction of sp³-hybridized carbons (Fsp3) is 0.417. The Morgan fingerprint density at radius 3 is 2.79 bits per heavy atom. The highest BCUT2D eigenvalue weighted by molar-refractivity contribution is 5.49. The van der Waals surface area contributed by atoms with E-state index in [0.29, 0.717) is 5.75 Å². The van der Waals surface area contributed by atoms with Crippen LogP contribution in [0.25, 0.3) is 5.52 Å². The molecule has 0 radical (unpaired) electrons. The van der Waals surface area contributed by atoms with E-state index in [1.165, 1.54) is 0 Å². The Hall–Kier alpha value is -1.76. The Labute approximate surface area is 107 Å². The SMILES string of the molecule is Cc1cc2ccc(OCCOCC(F)(F)F)cn2n1. The van der Waals surface area contributed by atoms with E-state index in [9.17, 15) is 13.2 Å². The van der Waals surface area contributed by atoms with Gasteiger partial charge in [0.15, 0.2) is 0 Å². The van der Waals surface area contributed by atoms with Crippen molar-refractivity contribution >= 4 is 5.52 Å². The van der Waals surface area contributed by atoms with Crippen LogP contribution in [0.3, 0.4) is 0 Å². The Kier molecular flexibility index (Phi) is 3.94. The maximum Gasteiger partial charge on any atom is 0.411 e. The van der Waals surface area contributed by atoms with Gasteiger partial charge in [0.05, 0.1) is 24.0 Å². The molecule has 19 heavy (non-hydrogen) atoms. The molecule has 0 fully saturated rings. The molecule has 0 saturated heterocycles. The van der Waals surface area contributed by atoms with Gasteiger partial charge in [-0.15, -0.1) is 0 Å². The molecular formula is C12H13F3N2O2. The van der Waals surface area contributed by atoms with Gasteiger partial charge < -0.3 is 9.47 Å². The van der Waals surface area contributed by atoms with Crippen LogP contribution in [0.4, 0.5) is 13.2 Å². The number of pyridine rings is 1. The molecule has 0 aliphatic heterocycles. The summed E-state index contributed by atoms with van der Waals surface area (Å²) < 4.78 is 46.8. The van der Waals surface area contributed by atoms with Crippen LogP contribution in [-0.4, -0.2) is 35.6 Å². The number of alkyl halides is 3. The van der Waals surface area contributed by atoms with Crippen LogP contribution in [0, 0.1) is 6.92 Å². The van der Waals surface area contributed by atoms with E-state index in [4.69, 9.17) is 4.74 Å². The van der Waals surface area contributed by atoms with Crippen LogP contribution in [0.1, 0.15) is 5.69 Å². The Morgan fingerprint density at radius 2 is 2.05 bits per heavy atom. The summed E-state index contributed by atoms with van der Waals surface area (Å²) in [6.45, 7) is 0.559. The van der Waals surface area contributed by atoms with Gasteiger partial charge in [-0.05, 0) is 25.1 Å². The molecule has 0 unspecified atom stereocenters. The molecule has 2 heterocycles. The number of ether oxygens (including phenoxy) is 2. The van der Waals surface area contributed by atoms with Crippen molar-refractivity contribution in [2.45, 2.75) is 13.1 Å². The highest BCUT2D eigenvalue weighted by atomic mass is 19.4. The Morgan fingerprint density at radius 1 is 1.26 bits per heavy atom. The number of hydrogen-bond acceptors (Lipinski definition) is 3. The molecule has 7 heteroatoms. The minimum atomic E-state index is -4.30. The number of nitrogens with zero attached hydrogens (tertiary/aromatic N) is 2. The van der Waals surface area contributed by atoms with Crippen molar-refractivity contribution in [1.29, 1.82) is 0 Å². The third-order valence-corrected chi connectivity index (χ3v) is 2.32. The first kappa shape index (κ1) is 13.7. The number of hydrogen-bond donors (Lipinski definition) is 0. The molecule has 0 aliphatic rings. The smallest absolute Gasteiger partial charge is 0.411 e. The average Bonchev–Trinajstić information content (AvgIpc) is 2.66. The minimum Gasteiger partial charge on any atom is -0.490 e. The van der Waals surface area contributed by atoms with Crippen LogP contribution in [0.15, 0.2) is 24.4 Å². The summed E-state index contributed by atoms with van der Waals surface area (Å²) in [6, 6.07) is 5.47. The second-order valence-electron chi connectivity index (χ2n) is 4.04. The second kappa shape index (κ2) is 5.48. The van der Waals surface area contributed by atoms with E-state index in [0.717, 1.165) is 11.2 Å². The summed E-state index contributed by atoms with van der Waals surface area (Å²) in [5.41, 5.74) is 1.81. The van der Waals surface area contributed by atoms with E-state index in [1.54, 1.807) is 16.8 Å². The third-order valence-electron chi connectivity index (χ3n) is 2.32. The predicted molar refractivity (Wildman–Crippen MR) is 62.3 cm³/mol. The molecule has 0 N–H and O–H groups in total. The molecule has 104 valence electrons. The van der Waals surface area contributed by atoms with Crippen LogP contribution in [0.2, 0.25) is 0 Å². The zero-order valence-corrected chi connectivity index (χ0v) is 10.3. The Bertz CT molecular complexity index is 551. The average molecular weight is 274 g/mol. The van der Waals surface area contributed by atoms with Crippen molar-refractivity contribution in [2.75, 3.05) is 19.8 Å². The van der Waals surface area contributed by atoms with Crippen molar-refractivity contribution in [3.63, 3.8) is 0 Å². The lowest BCUT2D eigenvalue weighted by molar-refractivity contribution is -0.175. The van der Waals surface area contributed by atoms with Crippen LogP contribution < -0.4 is 4.74 Å². The fourth-order valence-electron chi connectivity index (χ4n) is 1.59. The summed E-state index contributed by atoms with van der Waals surface area (Å²) in [7, 11) is 0. The van der Waals surface area contributed by atoms with Gasteiger partial charge in [-0.3, -0.25) is 0 Å². The normalized spacial score (nSPS) is 12.0. The molecule has 0 atom stereocenters. The van der Waals surface area contributed by atoms with E-state index in [1.807, 2.05) is 19.1 Å². The van der Waals surface area contributed by atoms with E-state index < -0.39 is 12.8 Å². The quantitative estimate of drug-likeness (QED) is 0.786. The predicted octanol–water partition coefficient (Wildman–Crippen LogP) is 2.60. The van der Waals surface area contributed by atoms with Gasteiger partial charge in [-0.25, -0.2) is 4.52 Å². The molecule has 0 amide bonds. The van der Waals surface area contributed by atoms with Gasteiger partial charge in [0.2, 0.25) is 0 Å². The van der Waals surface area contributed by atoms with E-state index >= 15 is 0 Å². The first-order chi connectivity index (χ1) is 8.94. The zero-order chi connectivity index (χ0) is 13.9. The van der Waals surface area contributed by atoms with E-state index in [2.05, 4.69) is 9.84 Å². The first-order valence-corrected chi connectivity index (χ1v) is 5.67. The van der Waals surface area contributed by atoms with Crippen LogP contribution >= 0.6 is 0 Å². The maximum absolute atomic E-state index is 11.8. The van der Waals surface area contributed by atoms with Gasteiger partial charge in [-0.2, -0.15) is 18.3 Å². The number of halogens is 3. The van der Waals surface area contributed by atoms with Crippen LogP contribution in [-0.2, 0) is 4.74 Å². The highest BCUT2D eigenvalue weighted by Crippen LogP contribution is 2.15. The number of rotatable bonds is 5. The molecule has 0 spiro atoms. The standard InChI is InChI=1S/C12H13F3N2O2/c1-9-6-10-2-3-11(7-17(10)16-9)19-5-4-18-8-12(13,14)15/h2-3,6-7H,4-5,8H2,1H3. The number of aromatic nitrogens is 2. The van der Waals surface area contributed by atoms with Gasteiger partial charge in [0.1, 0.15) is 19.0 Å². The molecular weight excluding hydrogens is 261 g/mol. The van der Waals surface area contributed by atoms with Gasteiger partial charge >= 0.3 is 6.18 Å². The lowest BCUT2D eigenvalue weighted by Crippen LogP contribution is -2.19. The molecule has 2 aromatic heterocycles. The highest BCUT2D eigenvalue weighted by Gasteiger charge is 2.27. The third kappa shape index (κ3) is 4.13. The van der Waals surface area contributed by atoms with Crippen molar-refractivity contribution in [3.05, 3.63) is 30.1 Å². The monoisotopic (exact) mass is 274 g/mol. The van der Waals surface area contributed by atoms with Crippen LogP contribution in [0.5, 0.6) is 5.75 Å². The second-order valence-corrected chi connectivity index (χ2v) is 4.04. The van der Waals surface area contributed by atoms with Crippen molar-refractivity contribution in [2.24, 2.45) is 0 Å². The van der Waals surface area contributed by atoms with Crippen molar-refractivity contribution in [1.82, 2.24) is 9.61 Å². The largest absolute Gasteiger partial charge is 0.490 e. The van der Waals surface area contributed by atoms with Crippen molar-refractivity contribution in [3.8, 4) is 5.75 Å². The molecule has 0 aliphatic carbocycles. The lowest BCUT2D eigenvalue weighted by Gasteiger charge is -2.09. The maximum atomic E-state index is 11.8. The summed E-state index contributed by atoms with van der Waals surface area (Å²) in [5.74, 6) is 0.534. The first-order valence-electron chi connectivity index (χ1n) is 5.67. The summed E-state index contributed by atoms with van der Waals surface area (Å²) in [5, 5.41) is 4.21. The molecule has 4 nitrogen and oxygen atoms in total. The summed E-state index contributed by atoms with van der Waals surface area (Å²) in [4.78, 5) is 0.